The van der Waals surface area contributed by atoms with E-state index in [1.807, 2.05) is 0 Å². The van der Waals surface area contributed by atoms with E-state index >= 15 is 0 Å². The second kappa shape index (κ2) is 4.79. The van der Waals surface area contributed by atoms with Crippen molar-refractivity contribution in [3.05, 3.63) is 23.0 Å². The van der Waals surface area contributed by atoms with Gasteiger partial charge in [-0.3, -0.25) is 4.79 Å². The van der Waals surface area contributed by atoms with Gasteiger partial charge in [0.25, 0.3) is 6.43 Å². The Hall–Kier alpha value is -1.56. The minimum atomic E-state index is -2.75. The number of pyridine rings is 1. The van der Waals surface area contributed by atoms with Gasteiger partial charge in [-0.15, -0.1) is 0 Å². The van der Waals surface area contributed by atoms with Crippen molar-refractivity contribution in [1.82, 2.24) is 4.98 Å². The Morgan fingerprint density at radius 2 is 2.33 bits per heavy atom. The van der Waals surface area contributed by atoms with Gasteiger partial charge >= 0.3 is 0 Å². The van der Waals surface area contributed by atoms with E-state index in [1.165, 1.54) is 7.11 Å². The third-order valence-corrected chi connectivity index (χ3v) is 1.97. The van der Waals surface area contributed by atoms with Crippen LogP contribution in [-0.2, 0) is 6.54 Å². The molecule has 0 radical (unpaired) electrons. The number of rotatable bonds is 4. The van der Waals surface area contributed by atoms with Gasteiger partial charge in [0.15, 0.2) is 6.29 Å². The van der Waals surface area contributed by atoms with Crippen LogP contribution in [0.5, 0.6) is 5.75 Å². The largest absolute Gasteiger partial charge is 0.495 e. The molecule has 0 atom stereocenters. The molecular formula is C9H10F2N2O2. The fourth-order valence-electron chi connectivity index (χ4n) is 1.28. The number of hydrogen-bond donors (Lipinski definition) is 1. The molecule has 4 nitrogen and oxygen atoms in total. The van der Waals surface area contributed by atoms with Crippen molar-refractivity contribution >= 4 is 6.29 Å². The monoisotopic (exact) mass is 216 g/mol. The molecule has 2 N–H and O–H groups in total. The number of halogens is 2. The first-order valence-corrected chi connectivity index (χ1v) is 4.14. The molecule has 0 aliphatic carbocycles. The normalized spacial score (nSPS) is 10.5. The van der Waals surface area contributed by atoms with Crippen LogP contribution in [0.25, 0.3) is 0 Å². The molecule has 82 valence electrons. The molecule has 0 aromatic carbocycles. The summed E-state index contributed by atoms with van der Waals surface area (Å²) in [5, 5.41) is 0. The number of alkyl halides is 2. The standard InChI is InChI=1S/C9H10F2N2O2/c1-15-7-3-13-6(4-14)5(2-12)8(7)9(10)11/h3-4,9H,2,12H2,1H3. The number of hydrogen-bond acceptors (Lipinski definition) is 4. The molecular weight excluding hydrogens is 206 g/mol. The Morgan fingerprint density at radius 1 is 1.67 bits per heavy atom. The predicted molar refractivity (Wildman–Crippen MR) is 49.0 cm³/mol. The Morgan fingerprint density at radius 3 is 2.73 bits per heavy atom. The van der Waals surface area contributed by atoms with Gasteiger partial charge in [-0.2, -0.15) is 0 Å². The molecule has 1 aromatic rings. The maximum absolute atomic E-state index is 12.7. The zero-order valence-corrected chi connectivity index (χ0v) is 8.04. The summed E-state index contributed by atoms with van der Waals surface area (Å²) in [5.74, 6) is -0.0592. The number of nitrogens with two attached hydrogens (primary N) is 1. The lowest BCUT2D eigenvalue weighted by atomic mass is 10.1. The van der Waals surface area contributed by atoms with Crippen molar-refractivity contribution in [3.8, 4) is 5.75 Å². The first-order chi connectivity index (χ1) is 7.15. The van der Waals surface area contributed by atoms with Crippen molar-refractivity contribution in [1.29, 1.82) is 0 Å². The van der Waals surface area contributed by atoms with Crippen LogP contribution >= 0.6 is 0 Å². The molecule has 1 rings (SSSR count). The molecule has 0 fully saturated rings. The molecule has 0 saturated carbocycles. The minimum absolute atomic E-state index is 0.0272. The molecule has 0 saturated heterocycles. The molecule has 0 spiro atoms. The number of carbonyl (C=O) groups is 1. The molecule has 15 heavy (non-hydrogen) atoms. The number of aromatic nitrogens is 1. The molecule has 0 bridgehead atoms. The predicted octanol–water partition coefficient (Wildman–Crippen LogP) is 1.30. The smallest absolute Gasteiger partial charge is 0.267 e. The fourth-order valence-corrected chi connectivity index (χ4v) is 1.28. The van der Waals surface area contributed by atoms with E-state index in [0.717, 1.165) is 6.20 Å². The highest BCUT2D eigenvalue weighted by Crippen LogP contribution is 2.32. The van der Waals surface area contributed by atoms with Crippen LogP contribution in [0.15, 0.2) is 6.20 Å². The van der Waals surface area contributed by atoms with E-state index < -0.39 is 6.43 Å². The highest BCUT2D eigenvalue weighted by molar-refractivity contribution is 5.75. The molecule has 0 aliphatic heterocycles. The number of nitrogens with zero attached hydrogens (tertiary/aromatic N) is 1. The van der Waals surface area contributed by atoms with Crippen molar-refractivity contribution < 1.29 is 18.3 Å². The summed E-state index contributed by atoms with van der Waals surface area (Å²) in [4.78, 5) is 14.2. The Bertz CT molecular complexity index is 369. The zero-order chi connectivity index (χ0) is 11.4. The quantitative estimate of drug-likeness (QED) is 0.770. The summed E-state index contributed by atoms with van der Waals surface area (Å²) in [5.41, 5.74) is 4.89. The van der Waals surface area contributed by atoms with Crippen LogP contribution in [0.2, 0.25) is 0 Å². The van der Waals surface area contributed by atoms with Gasteiger partial charge in [0.1, 0.15) is 11.4 Å². The van der Waals surface area contributed by atoms with Crippen molar-refractivity contribution in [2.45, 2.75) is 13.0 Å². The zero-order valence-electron chi connectivity index (χ0n) is 8.04. The molecule has 0 unspecified atom stereocenters. The van der Waals surface area contributed by atoms with Crippen LogP contribution in [0.4, 0.5) is 8.78 Å². The lowest BCUT2D eigenvalue weighted by Gasteiger charge is -2.12. The fraction of sp³-hybridized carbons (Fsp3) is 0.333. The van der Waals surface area contributed by atoms with Crippen molar-refractivity contribution in [2.75, 3.05) is 7.11 Å². The maximum Gasteiger partial charge on any atom is 0.267 e. The molecule has 1 heterocycles. The molecule has 1 aromatic heterocycles. The van der Waals surface area contributed by atoms with E-state index in [2.05, 4.69) is 4.98 Å². The van der Waals surface area contributed by atoms with Gasteiger partial charge in [0.2, 0.25) is 0 Å². The third-order valence-electron chi connectivity index (χ3n) is 1.97. The number of ether oxygens (including phenoxy) is 1. The average molecular weight is 216 g/mol. The number of carbonyl (C=O) groups excluding carboxylic acids is 1. The van der Waals surface area contributed by atoms with Gasteiger partial charge in [0.05, 0.1) is 18.9 Å². The van der Waals surface area contributed by atoms with E-state index in [4.69, 9.17) is 10.5 Å². The first kappa shape index (κ1) is 11.5. The van der Waals surface area contributed by atoms with Gasteiger partial charge < -0.3 is 10.5 Å². The Labute approximate surface area is 85.1 Å². The van der Waals surface area contributed by atoms with Gasteiger partial charge in [0, 0.05) is 12.1 Å². The molecule has 0 amide bonds. The number of methoxy groups -OCH3 is 1. The second-order valence-corrected chi connectivity index (χ2v) is 2.73. The summed E-state index contributed by atoms with van der Waals surface area (Å²) in [6, 6.07) is 0. The average Bonchev–Trinajstić information content (AvgIpc) is 2.26. The summed E-state index contributed by atoms with van der Waals surface area (Å²) >= 11 is 0. The highest BCUT2D eigenvalue weighted by atomic mass is 19.3. The third kappa shape index (κ3) is 2.10. The van der Waals surface area contributed by atoms with Gasteiger partial charge in [-0.05, 0) is 0 Å². The minimum Gasteiger partial charge on any atom is -0.495 e. The van der Waals surface area contributed by atoms with Gasteiger partial charge in [-0.25, -0.2) is 13.8 Å². The van der Waals surface area contributed by atoms with E-state index in [0.29, 0.717) is 6.29 Å². The second-order valence-electron chi connectivity index (χ2n) is 2.73. The summed E-state index contributed by atoms with van der Waals surface area (Å²) in [6.45, 7) is -0.183. The summed E-state index contributed by atoms with van der Waals surface area (Å²) in [7, 11) is 1.25. The number of aldehydes is 1. The SMILES string of the molecule is COc1cnc(C=O)c(CN)c1C(F)F. The lowest BCUT2D eigenvalue weighted by molar-refractivity contribution is 0.111. The Balaban J connectivity index is 3.44. The van der Waals surface area contributed by atoms with E-state index in [1.54, 1.807) is 0 Å². The molecule has 6 heteroatoms. The summed E-state index contributed by atoms with van der Waals surface area (Å²) in [6.07, 6.45) is -1.27. The van der Waals surface area contributed by atoms with E-state index in [9.17, 15) is 13.6 Å². The van der Waals surface area contributed by atoms with Crippen LogP contribution in [0.3, 0.4) is 0 Å². The molecule has 0 aliphatic rings. The van der Waals surface area contributed by atoms with Crippen LogP contribution in [-0.4, -0.2) is 18.4 Å². The summed E-state index contributed by atoms with van der Waals surface area (Å²) < 4.78 is 30.1. The maximum atomic E-state index is 12.7. The van der Waals surface area contributed by atoms with E-state index in [-0.39, 0.29) is 29.1 Å². The Kier molecular flexibility index (Phi) is 3.68. The first-order valence-electron chi connectivity index (χ1n) is 4.14. The van der Waals surface area contributed by atoms with Crippen molar-refractivity contribution in [3.63, 3.8) is 0 Å². The van der Waals surface area contributed by atoms with Gasteiger partial charge in [-0.1, -0.05) is 0 Å². The van der Waals surface area contributed by atoms with Crippen LogP contribution in [0, 0.1) is 0 Å². The van der Waals surface area contributed by atoms with Crippen LogP contribution < -0.4 is 10.5 Å². The lowest BCUT2D eigenvalue weighted by Crippen LogP contribution is -2.09. The topological polar surface area (TPSA) is 65.2 Å². The van der Waals surface area contributed by atoms with Crippen molar-refractivity contribution in [2.24, 2.45) is 5.73 Å². The van der Waals surface area contributed by atoms with Crippen LogP contribution in [0.1, 0.15) is 28.0 Å². The highest BCUT2D eigenvalue weighted by Gasteiger charge is 2.21.